The highest BCUT2D eigenvalue weighted by Crippen LogP contribution is 2.35. The summed E-state index contributed by atoms with van der Waals surface area (Å²) in [6.45, 7) is 5.46. The average molecular weight is 360 g/mol. The molecule has 6 heteroatoms. The lowest BCUT2D eigenvalue weighted by Gasteiger charge is -2.44. The Balaban J connectivity index is 1.63. The summed E-state index contributed by atoms with van der Waals surface area (Å²) in [6, 6.07) is 0.308. The predicted molar refractivity (Wildman–Crippen MR) is 97.2 cm³/mol. The zero-order chi connectivity index (χ0) is 18.8. The fourth-order valence-electron chi connectivity index (χ4n) is 4.70. The van der Waals surface area contributed by atoms with E-state index in [-0.39, 0.29) is 24.0 Å². The number of H-pyrrole nitrogens is 1. The summed E-state index contributed by atoms with van der Waals surface area (Å²) in [6.07, 6.45) is 6.90. The van der Waals surface area contributed by atoms with E-state index in [1.165, 1.54) is 32.6 Å². The monoisotopic (exact) mass is 360 g/mol. The maximum atomic E-state index is 12.6. The summed E-state index contributed by atoms with van der Waals surface area (Å²) in [7, 11) is 0. The van der Waals surface area contributed by atoms with E-state index in [1.807, 2.05) is 4.90 Å². The average Bonchev–Trinajstić information content (AvgIpc) is 2.93. The van der Waals surface area contributed by atoms with Gasteiger partial charge in [0, 0.05) is 23.8 Å². The van der Waals surface area contributed by atoms with Gasteiger partial charge in [0.25, 0.3) is 5.91 Å². The molecule has 1 aliphatic carbocycles. The van der Waals surface area contributed by atoms with Gasteiger partial charge in [-0.3, -0.25) is 9.59 Å². The number of carbonyl (C=O) groups is 3. The summed E-state index contributed by atoms with van der Waals surface area (Å²) < 4.78 is 5.28. The number of fused-ring (bicyclic) bond motifs is 1. The molecule has 1 saturated carbocycles. The van der Waals surface area contributed by atoms with Crippen LogP contribution in [0.4, 0.5) is 0 Å². The van der Waals surface area contributed by atoms with Crippen LogP contribution in [0.3, 0.4) is 0 Å². The van der Waals surface area contributed by atoms with Gasteiger partial charge < -0.3 is 14.6 Å². The van der Waals surface area contributed by atoms with Crippen molar-refractivity contribution in [3.8, 4) is 0 Å². The maximum Gasteiger partial charge on any atom is 0.355 e. The standard InChI is InChI=1S/C20H28N2O4/c1-12-18(14(3)23)13(2)21-19(12)20(25)26-11-17(24)22-10-6-8-15-7-4-5-9-16(15)22/h15-16,21H,4-11H2,1-3H3/t15-,16-/m1/s1. The number of carbonyl (C=O) groups excluding carboxylic acids is 3. The van der Waals surface area contributed by atoms with Crippen molar-refractivity contribution in [2.75, 3.05) is 13.2 Å². The number of Topliss-reactive ketones (excluding diaryl/α,β-unsaturated/α-hetero) is 1. The van der Waals surface area contributed by atoms with E-state index in [2.05, 4.69) is 4.98 Å². The van der Waals surface area contributed by atoms with Crippen LogP contribution in [-0.2, 0) is 9.53 Å². The van der Waals surface area contributed by atoms with E-state index in [1.54, 1.807) is 13.8 Å². The number of nitrogens with zero attached hydrogens (tertiary/aromatic N) is 1. The molecule has 2 aliphatic rings. The van der Waals surface area contributed by atoms with Gasteiger partial charge in [0.15, 0.2) is 12.4 Å². The van der Waals surface area contributed by atoms with Crippen molar-refractivity contribution in [1.82, 2.24) is 9.88 Å². The molecule has 0 unspecified atom stereocenters. The molecule has 2 atom stereocenters. The van der Waals surface area contributed by atoms with E-state index in [0.717, 1.165) is 19.4 Å². The smallest absolute Gasteiger partial charge is 0.355 e. The Morgan fingerprint density at radius 2 is 1.81 bits per heavy atom. The van der Waals surface area contributed by atoms with Crippen molar-refractivity contribution < 1.29 is 19.1 Å². The van der Waals surface area contributed by atoms with Gasteiger partial charge in [-0.05, 0) is 57.9 Å². The summed E-state index contributed by atoms with van der Waals surface area (Å²) in [4.78, 5) is 41.6. The molecule has 142 valence electrons. The topological polar surface area (TPSA) is 79.5 Å². The Bertz CT molecular complexity index is 720. The third-order valence-corrected chi connectivity index (χ3v) is 5.88. The number of amides is 1. The molecular formula is C20H28N2O4. The van der Waals surface area contributed by atoms with Gasteiger partial charge in [-0.25, -0.2) is 4.79 Å². The number of likely N-dealkylation sites (tertiary alicyclic amines) is 1. The molecule has 1 saturated heterocycles. The molecule has 2 fully saturated rings. The highest BCUT2D eigenvalue weighted by molar-refractivity contribution is 6.01. The molecule has 1 N–H and O–H groups in total. The summed E-state index contributed by atoms with van der Waals surface area (Å²) in [5, 5.41) is 0. The Morgan fingerprint density at radius 1 is 1.12 bits per heavy atom. The number of ketones is 1. The second kappa shape index (κ2) is 7.64. The number of aromatic nitrogens is 1. The molecule has 1 aromatic rings. The fourth-order valence-corrected chi connectivity index (χ4v) is 4.70. The minimum Gasteiger partial charge on any atom is -0.451 e. The Hall–Kier alpha value is -2.11. The first-order chi connectivity index (χ1) is 12.4. The van der Waals surface area contributed by atoms with Crippen molar-refractivity contribution in [2.45, 2.75) is 65.3 Å². The second-order valence-electron chi connectivity index (χ2n) is 7.60. The molecule has 0 bridgehead atoms. The molecule has 2 heterocycles. The van der Waals surface area contributed by atoms with Crippen LogP contribution in [-0.4, -0.2) is 46.7 Å². The largest absolute Gasteiger partial charge is 0.451 e. The molecule has 0 aromatic carbocycles. The zero-order valence-electron chi connectivity index (χ0n) is 15.9. The van der Waals surface area contributed by atoms with Gasteiger partial charge in [-0.2, -0.15) is 0 Å². The van der Waals surface area contributed by atoms with E-state index in [0.29, 0.717) is 28.8 Å². The lowest BCUT2D eigenvalue weighted by molar-refractivity contribution is -0.140. The first-order valence-corrected chi connectivity index (χ1v) is 9.56. The van der Waals surface area contributed by atoms with Gasteiger partial charge in [-0.1, -0.05) is 12.8 Å². The van der Waals surface area contributed by atoms with Crippen LogP contribution >= 0.6 is 0 Å². The number of rotatable bonds is 4. The lowest BCUT2D eigenvalue weighted by atomic mass is 9.78. The van der Waals surface area contributed by atoms with Crippen molar-refractivity contribution >= 4 is 17.7 Å². The molecule has 1 aromatic heterocycles. The number of aryl methyl sites for hydroxylation is 1. The van der Waals surface area contributed by atoms with Crippen molar-refractivity contribution in [1.29, 1.82) is 0 Å². The number of piperidine rings is 1. The molecule has 3 rings (SSSR count). The quantitative estimate of drug-likeness (QED) is 0.661. The molecule has 26 heavy (non-hydrogen) atoms. The summed E-state index contributed by atoms with van der Waals surface area (Å²) in [5.41, 5.74) is 2.01. The van der Waals surface area contributed by atoms with Gasteiger partial charge in [0.1, 0.15) is 5.69 Å². The molecule has 1 aliphatic heterocycles. The fraction of sp³-hybridized carbons (Fsp3) is 0.650. The van der Waals surface area contributed by atoms with Gasteiger partial charge in [0.05, 0.1) is 0 Å². The van der Waals surface area contributed by atoms with Crippen LogP contribution in [0, 0.1) is 19.8 Å². The molecule has 1 amide bonds. The molecular weight excluding hydrogens is 332 g/mol. The van der Waals surface area contributed by atoms with E-state index in [4.69, 9.17) is 4.74 Å². The van der Waals surface area contributed by atoms with Crippen LogP contribution < -0.4 is 0 Å². The highest BCUT2D eigenvalue weighted by Gasteiger charge is 2.36. The third-order valence-electron chi connectivity index (χ3n) is 5.88. The number of nitrogens with one attached hydrogen (secondary N) is 1. The Morgan fingerprint density at radius 3 is 2.50 bits per heavy atom. The minimum atomic E-state index is -0.580. The van der Waals surface area contributed by atoms with Crippen LogP contribution in [0.2, 0.25) is 0 Å². The van der Waals surface area contributed by atoms with Crippen molar-refractivity contribution in [3.63, 3.8) is 0 Å². The first-order valence-electron chi connectivity index (χ1n) is 9.56. The number of hydrogen-bond acceptors (Lipinski definition) is 4. The van der Waals surface area contributed by atoms with E-state index < -0.39 is 5.97 Å². The number of aromatic amines is 1. The summed E-state index contributed by atoms with van der Waals surface area (Å²) in [5.74, 6) is -0.182. The van der Waals surface area contributed by atoms with Gasteiger partial charge in [-0.15, -0.1) is 0 Å². The maximum absolute atomic E-state index is 12.6. The van der Waals surface area contributed by atoms with E-state index >= 15 is 0 Å². The Kier molecular flexibility index (Phi) is 5.49. The normalized spacial score (nSPS) is 22.7. The van der Waals surface area contributed by atoms with Crippen LogP contribution in [0.15, 0.2) is 0 Å². The van der Waals surface area contributed by atoms with Crippen LogP contribution in [0.1, 0.15) is 77.6 Å². The SMILES string of the molecule is CC(=O)c1c(C)[nH]c(C(=O)OCC(=O)N2CCC[C@H]3CCCC[C@H]32)c1C. The van der Waals surface area contributed by atoms with Crippen molar-refractivity contribution in [3.05, 3.63) is 22.5 Å². The second-order valence-corrected chi connectivity index (χ2v) is 7.60. The van der Waals surface area contributed by atoms with Crippen LogP contribution in [0.25, 0.3) is 0 Å². The Labute approximate surface area is 154 Å². The molecule has 0 spiro atoms. The third kappa shape index (κ3) is 3.55. The van der Waals surface area contributed by atoms with Crippen molar-refractivity contribution in [2.24, 2.45) is 5.92 Å². The summed E-state index contributed by atoms with van der Waals surface area (Å²) >= 11 is 0. The first kappa shape index (κ1) is 18.7. The lowest BCUT2D eigenvalue weighted by Crippen LogP contribution is -2.50. The van der Waals surface area contributed by atoms with E-state index in [9.17, 15) is 14.4 Å². The van der Waals surface area contributed by atoms with Gasteiger partial charge in [0.2, 0.25) is 0 Å². The van der Waals surface area contributed by atoms with Gasteiger partial charge >= 0.3 is 5.97 Å². The number of hydrogen-bond donors (Lipinski definition) is 1. The molecule has 6 nitrogen and oxygen atoms in total. The minimum absolute atomic E-state index is 0.0944. The number of esters is 1. The van der Waals surface area contributed by atoms with Crippen LogP contribution in [0.5, 0.6) is 0 Å². The zero-order valence-corrected chi connectivity index (χ0v) is 15.9. The number of ether oxygens (including phenoxy) is 1. The molecule has 0 radical (unpaired) electrons. The predicted octanol–water partition coefficient (Wildman–Crippen LogP) is 3.17. The highest BCUT2D eigenvalue weighted by atomic mass is 16.5.